The molecule has 0 unspecified atom stereocenters. The summed E-state index contributed by atoms with van der Waals surface area (Å²) in [6, 6.07) is 0. The maximum absolute atomic E-state index is 12.7. The van der Waals surface area contributed by atoms with Crippen LogP contribution in [0, 0.1) is 0 Å². The van der Waals surface area contributed by atoms with Gasteiger partial charge >= 0.3 is 0 Å². The number of carbonyl (C=O) groups excluding carboxylic acids is 1. The average Bonchev–Trinajstić information content (AvgIpc) is 2.95. The van der Waals surface area contributed by atoms with Crippen LogP contribution in [0.1, 0.15) is 35.6 Å². The van der Waals surface area contributed by atoms with Crippen molar-refractivity contribution in [2.45, 2.75) is 26.0 Å². The monoisotopic (exact) mass is 350 g/mol. The van der Waals surface area contributed by atoms with Crippen LogP contribution < -0.4 is 5.73 Å². The van der Waals surface area contributed by atoms with E-state index in [2.05, 4.69) is 15.1 Å². The Hall–Kier alpha value is -2.19. The van der Waals surface area contributed by atoms with E-state index in [0.29, 0.717) is 36.2 Å². The molecule has 0 aromatic carbocycles. The molecule has 2 aromatic rings. The van der Waals surface area contributed by atoms with Crippen molar-refractivity contribution in [2.24, 2.45) is 0 Å². The van der Waals surface area contributed by atoms with E-state index in [4.69, 9.17) is 22.1 Å². The summed E-state index contributed by atoms with van der Waals surface area (Å²) in [5, 5.41) is 4.65. The lowest BCUT2D eigenvalue weighted by Crippen LogP contribution is -2.43. The van der Waals surface area contributed by atoms with Crippen molar-refractivity contribution >= 4 is 23.3 Å². The molecule has 0 saturated carbocycles. The highest BCUT2D eigenvalue weighted by molar-refractivity contribution is 6.33. The minimum atomic E-state index is -0.409. The van der Waals surface area contributed by atoms with Gasteiger partial charge in [0.25, 0.3) is 5.91 Å². The van der Waals surface area contributed by atoms with Gasteiger partial charge in [0.15, 0.2) is 5.69 Å². The Morgan fingerprint density at radius 2 is 2.25 bits per heavy atom. The number of nitrogen functional groups attached to an aromatic ring is 1. The normalized spacial score (nSPS) is 17.9. The molecule has 0 aliphatic carbocycles. The third-order valence-corrected chi connectivity index (χ3v) is 4.06. The zero-order valence-corrected chi connectivity index (χ0v) is 14.1. The fourth-order valence-electron chi connectivity index (χ4n) is 2.64. The van der Waals surface area contributed by atoms with Gasteiger partial charge in [0.1, 0.15) is 17.6 Å². The van der Waals surface area contributed by atoms with E-state index in [-0.39, 0.29) is 11.6 Å². The third-order valence-electron chi connectivity index (χ3n) is 3.79. The molecule has 2 aromatic heterocycles. The minimum Gasteiger partial charge on any atom is -0.382 e. The number of halogens is 1. The molecular formula is C15H19ClN6O2. The fraction of sp³-hybridized carbons (Fsp3) is 0.467. The van der Waals surface area contributed by atoms with Gasteiger partial charge in [-0.15, -0.1) is 0 Å². The first-order valence-corrected chi connectivity index (χ1v) is 8.18. The molecule has 24 heavy (non-hydrogen) atoms. The Labute approximate surface area is 144 Å². The summed E-state index contributed by atoms with van der Waals surface area (Å²) in [4.78, 5) is 22.6. The number of hydrogen-bond donors (Lipinski definition) is 1. The minimum absolute atomic E-state index is 0.217. The fourth-order valence-corrected chi connectivity index (χ4v) is 2.87. The Morgan fingerprint density at radius 1 is 1.46 bits per heavy atom. The standard InChI is InChI=1S/C15H19ClN6O2/c1-2-5-22-8-10(16)12(20-22)15(23)21-6-7-24-11(9-21)13-14(17)19-4-3-18-13/h3-4,8,11H,2,5-7,9H2,1H3,(H2,17,19)/t11-/m0/s1. The Morgan fingerprint density at radius 3 is 3.00 bits per heavy atom. The molecule has 1 aliphatic heterocycles. The molecule has 1 amide bonds. The van der Waals surface area contributed by atoms with Gasteiger partial charge in [-0.25, -0.2) is 4.98 Å². The molecule has 2 N–H and O–H groups in total. The molecular weight excluding hydrogens is 332 g/mol. The first-order valence-electron chi connectivity index (χ1n) is 7.80. The highest BCUT2D eigenvalue weighted by Gasteiger charge is 2.30. The first kappa shape index (κ1) is 16.7. The summed E-state index contributed by atoms with van der Waals surface area (Å²) >= 11 is 6.17. The zero-order chi connectivity index (χ0) is 17.1. The Kier molecular flexibility index (Phi) is 4.96. The van der Waals surface area contributed by atoms with E-state index in [1.807, 2.05) is 6.92 Å². The molecule has 0 spiro atoms. The number of nitrogens with two attached hydrogens (primary N) is 1. The number of carbonyl (C=O) groups is 1. The second-order valence-corrected chi connectivity index (χ2v) is 5.93. The van der Waals surface area contributed by atoms with E-state index in [0.717, 1.165) is 13.0 Å². The van der Waals surface area contributed by atoms with Crippen molar-refractivity contribution in [3.63, 3.8) is 0 Å². The lowest BCUT2D eigenvalue weighted by Gasteiger charge is -2.32. The number of amides is 1. The van der Waals surface area contributed by atoms with Crippen molar-refractivity contribution in [1.29, 1.82) is 0 Å². The van der Waals surface area contributed by atoms with Gasteiger partial charge in [0.05, 0.1) is 18.2 Å². The van der Waals surface area contributed by atoms with Crippen LogP contribution in [0.25, 0.3) is 0 Å². The summed E-state index contributed by atoms with van der Waals surface area (Å²) in [7, 11) is 0. The van der Waals surface area contributed by atoms with E-state index in [1.165, 1.54) is 6.20 Å². The molecule has 9 heteroatoms. The Bertz CT molecular complexity index is 735. The predicted octanol–water partition coefficient (Wildman–Crippen LogP) is 1.53. The van der Waals surface area contributed by atoms with Gasteiger partial charge in [-0.05, 0) is 6.42 Å². The van der Waals surface area contributed by atoms with Crippen LogP contribution in [0.4, 0.5) is 5.82 Å². The van der Waals surface area contributed by atoms with Gasteiger partial charge in [-0.2, -0.15) is 5.10 Å². The molecule has 1 atom stereocenters. The second-order valence-electron chi connectivity index (χ2n) is 5.53. The molecule has 128 valence electrons. The summed E-state index contributed by atoms with van der Waals surface area (Å²) in [6.07, 6.45) is 5.26. The van der Waals surface area contributed by atoms with Gasteiger partial charge in [-0.3, -0.25) is 14.5 Å². The van der Waals surface area contributed by atoms with Crippen LogP contribution in [0.2, 0.25) is 5.02 Å². The van der Waals surface area contributed by atoms with Gasteiger partial charge < -0.3 is 15.4 Å². The summed E-state index contributed by atoms with van der Waals surface area (Å²) in [6.45, 7) is 3.94. The number of aryl methyl sites for hydroxylation is 1. The highest BCUT2D eigenvalue weighted by Crippen LogP contribution is 2.25. The SMILES string of the molecule is CCCn1cc(Cl)c(C(=O)N2CCO[C@H](c3nccnc3N)C2)n1. The smallest absolute Gasteiger partial charge is 0.276 e. The van der Waals surface area contributed by atoms with Crippen molar-refractivity contribution < 1.29 is 9.53 Å². The van der Waals surface area contributed by atoms with Crippen molar-refractivity contribution in [3.05, 3.63) is 35.0 Å². The number of anilines is 1. The molecule has 3 heterocycles. The van der Waals surface area contributed by atoms with E-state index >= 15 is 0 Å². The van der Waals surface area contributed by atoms with E-state index < -0.39 is 6.10 Å². The van der Waals surface area contributed by atoms with Gasteiger partial charge in [0, 0.05) is 31.7 Å². The van der Waals surface area contributed by atoms with E-state index in [1.54, 1.807) is 22.0 Å². The maximum Gasteiger partial charge on any atom is 0.276 e. The lowest BCUT2D eigenvalue weighted by molar-refractivity contribution is -0.0247. The molecule has 8 nitrogen and oxygen atoms in total. The van der Waals surface area contributed by atoms with Crippen LogP contribution in [-0.4, -0.2) is 50.3 Å². The number of hydrogen-bond acceptors (Lipinski definition) is 6. The zero-order valence-electron chi connectivity index (χ0n) is 13.4. The summed E-state index contributed by atoms with van der Waals surface area (Å²) in [5.41, 5.74) is 6.65. The number of aromatic nitrogens is 4. The quantitative estimate of drug-likeness (QED) is 0.897. The molecule has 1 aliphatic rings. The average molecular weight is 351 g/mol. The van der Waals surface area contributed by atoms with Crippen LogP contribution in [0.3, 0.4) is 0 Å². The van der Waals surface area contributed by atoms with Crippen LogP contribution in [-0.2, 0) is 11.3 Å². The maximum atomic E-state index is 12.7. The molecule has 0 bridgehead atoms. The third kappa shape index (κ3) is 3.34. The number of morpholine rings is 1. The number of nitrogens with zero attached hydrogens (tertiary/aromatic N) is 5. The summed E-state index contributed by atoms with van der Waals surface area (Å²) < 4.78 is 7.39. The second kappa shape index (κ2) is 7.14. The number of rotatable bonds is 4. The molecule has 1 fully saturated rings. The Balaban J connectivity index is 1.77. The van der Waals surface area contributed by atoms with Crippen LogP contribution in [0.5, 0.6) is 0 Å². The molecule has 0 radical (unpaired) electrons. The largest absolute Gasteiger partial charge is 0.382 e. The molecule has 3 rings (SSSR count). The van der Waals surface area contributed by atoms with Crippen molar-refractivity contribution in [2.75, 3.05) is 25.4 Å². The first-order chi connectivity index (χ1) is 11.6. The topological polar surface area (TPSA) is 99.2 Å². The van der Waals surface area contributed by atoms with Gasteiger partial charge in [0.2, 0.25) is 0 Å². The van der Waals surface area contributed by atoms with Crippen LogP contribution >= 0.6 is 11.6 Å². The number of ether oxygens (including phenoxy) is 1. The van der Waals surface area contributed by atoms with Crippen molar-refractivity contribution in [1.82, 2.24) is 24.6 Å². The predicted molar refractivity (Wildman–Crippen MR) is 88.6 cm³/mol. The van der Waals surface area contributed by atoms with Crippen LogP contribution in [0.15, 0.2) is 18.6 Å². The summed E-state index contributed by atoms with van der Waals surface area (Å²) in [5.74, 6) is 0.0904. The van der Waals surface area contributed by atoms with Crippen molar-refractivity contribution in [3.8, 4) is 0 Å². The molecule has 1 saturated heterocycles. The van der Waals surface area contributed by atoms with Gasteiger partial charge in [-0.1, -0.05) is 18.5 Å². The van der Waals surface area contributed by atoms with E-state index in [9.17, 15) is 4.79 Å². The lowest BCUT2D eigenvalue weighted by atomic mass is 10.2. The highest BCUT2D eigenvalue weighted by atomic mass is 35.5.